The lowest BCUT2D eigenvalue weighted by Crippen LogP contribution is -3.21. The molecule has 0 bridgehead atoms. The Labute approximate surface area is 299 Å². The summed E-state index contributed by atoms with van der Waals surface area (Å²) in [5, 5.41) is 5.49. The Morgan fingerprint density at radius 1 is 1.04 bits per heavy atom. The smallest absolute Gasteiger partial charge is 0.407 e. The Morgan fingerprint density at radius 3 is 2.49 bits per heavy atom. The number of hydrogen-bond donors (Lipinski definition) is 4. The van der Waals surface area contributed by atoms with Crippen LogP contribution in [0, 0.1) is 5.92 Å². The van der Waals surface area contributed by atoms with E-state index in [9.17, 15) is 22.8 Å². The fourth-order valence-corrected chi connectivity index (χ4v) is 7.74. The molecule has 3 amide bonds. The Morgan fingerprint density at radius 2 is 1.80 bits per heavy atom. The fourth-order valence-electron chi connectivity index (χ4n) is 6.02. The SMILES string of the molecule is CCCN(CCCNC(=O)OC1CCC1)C(=O)C1=Cc2ccc(-c3cncc(S(=O)(=O)[NH+]4CC(CNC(=O)OC(C)(C)C)C4)c3)cc2N=C(N)C1. The Kier molecular flexibility index (Phi) is 12.0. The minimum atomic E-state index is -3.73. The summed E-state index contributed by atoms with van der Waals surface area (Å²) in [6.45, 7) is 9.81. The van der Waals surface area contributed by atoms with Gasteiger partial charge in [-0.1, -0.05) is 19.1 Å². The van der Waals surface area contributed by atoms with E-state index in [2.05, 4.69) is 20.6 Å². The molecule has 14 nitrogen and oxygen atoms in total. The van der Waals surface area contributed by atoms with Crippen LogP contribution in [0.1, 0.15) is 71.8 Å². The first kappa shape index (κ1) is 37.7. The summed E-state index contributed by atoms with van der Waals surface area (Å²) in [4.78, 5) is 48.4. The average molecular weight is 725 g/mol. The molecular weight excluding hydrogens is 675 g/mol. The fraction of sp³-hybridized carbons (Fsp3) is 0.528. The average Bonchev–Trinajstić information content (AvgIpc) is 3.19. The van der Waals surface area contributed by atoms with Gasteiger partial charge in [0.25, 0.3) is 0 Å². The van der Waals surface area contributed by atoms with Crippen LogP contribution in [0.25, 0.3) is 17.2 Å². The van der Waals surface area contributed by atoms with Gasteiger partial charge in [0.05, 0.1) is 17.8 Å². The molecule has 5 N–H and O–H groups in total. The van der Waals surface area contributed by atoms with Gasteiger partial charge in [0.2, 0.25) is 5.91 Å². The molecular formula is C36H50N7O7S+. The number of benzene rings is 1. The van der Waals surface area contributed by atoms with Gasteiger partial charge in [0.15, 0.2) is 0 Å². The lowest BCUT2D eigenvalue weighted by Gasteiger charge is -2.34. The number of fused-ring (bicyclic) bond motifs is 1. The van der Waals surface area contributed by atoms with Crippen molar-refractivity contribution < 1.29 is 36.6 Å². The maximum Gasteiger partial charge on any atom is 0.407 e. The largest absolute Gasteiger partial charge is 0.446 e. The predicted molar refractivity (Wildman–Crippen MR) is 193 cm³/mol. The molecule has 1 saturated heterocycles. The second kappa shape index (κ2) is 16.2. The summed E-state index contributed by atoms with van der Waals surface area (Å²) in [6.07, 6.45) is 8.26. The number of carbonyl (C=O) groups excluding carboxylic acids is 3. The number of nitrogens with zero attached hydrogens (tertiary/aromatic N) is 3. The number of quaternary nitrogens is 1. The lowest BCUT2D eigenvalue weighted by atomic mass is 9.96. The highest BCUT2D eigenvalue weighted by molar-refractivity contribution is 7.85. The molecule has 0 spiro atoms. The molecule has 51 heavy (non-hydrogen) atoms. The van der Waals surface area contributed by atoms with Gasteiger partial charge < -0.3 is 30.7 Å². The number of amides is 3. The van der Waals surface area contributed by atoms with Crippen LogP contribution in [-0.2, 0) is 24.3 Å². The number of aromatic nitrogens is 1. The van der Waals surface area contributed by atoms with Crippen molar-refractivity contribution in [1.82, 2.24) is 20.5 Å². The van der Waals surface area contributed by atoms with Crippen LogP contribution < -0.4 is 20.7 Å². The van der Waals surface area contributed by atoms with Crippen molar-refractivity contribution in [2.45, 2.75) is 82.8 Å². The zero-order chi connectivity index (χ0) is 36.8. The Bertz CT molecular complexity index is 1780. The molecule has 1 aliphatic carbocycles. The number of sulfonamides is 1. The number of alkyl carbamates (subject to hydrolysis) is 2. The van der Waals surface area contributed by atoms with Gasteiger partial charge >= 0.3 is 22.2 Å². The normalized spacial score (nSPS) is 18.8. The van der Waals surface area contributed by atoms with E-state index in [1.807, 2.05) is 31.2 Å². The van der Waals surface area contributed by atoms with Crippen molar-refractivity contribution in [1.29, 1.82) is 0 Å². The van der Waals surface area contributed by atoms with Crippen LogP contribution in [-0.4, -0.2) is 93.2 Å². The molecule has 276 valence electrons. The topological polar surface area (TPSA) is 187 Å². The lowest BCUT2D eigenvalue weighted by molar-refractivity contribution is -0.826. The third-order valence-electron chi connectivity index (χ3n) is 8.95. The predicted octanol–water partition coefficient (Wildman–Crippen LogP) is 3.16. The summed E-state index contributed by atoms with van der Waals surface area (Å²) in [7, 11) is -3.73. The van der Waals surface area contributed by atoms with Crippen molar-refractivity contribution in [2.24, 2.45) is 16.6 Å². The van der Waals surface area contributed by atoms with Gasteiger partial charge in [0.1, 0.15) is 35.5 Å². The maximum absolute atomic E-state index is 13.7. The van der Waals surface area contributed by atoms with Crippen LogP contribution in [0.2, 0.25) is 0 Å². The van der Waals surface area contributed by atoms with Gasteiger partial charge in [-0.2, -0.15) is 8.42 Å². The van der Waals surface area contributed by atoms with Crippen molar-refractivity contribution in [3.8, 4) is 11.1 Å². The molecule has 1 aromatic carbocycles. The number of amidine groups is 1. The van der Waals surface area contributed by atoms with E-state index in [0.717, 1.165) is 25.7 Å². The summed E-state index contributed by atoms with van der Waals surface area (Å²) in [5.74, 6) is 0.158. The Hall–Kier alpha value is -4.50. The van der Waals surface area contributed by atoms with Gasteiger partial charge in [-0.15, -0.1) is 0 Å². The third-order valence-corrected chi connectivity index (χ3v) is 10.9. The van der Waals surface area contributed by atoms with E-state index in [-0.39, 0.29) is 35.1 Å². The quantitative estimate of drug-likeness (QED) is 0.225. The number of carbonyl (C=O) groups is 3. The number of nitrogens with one attached hydrogen (secondary N) is 3. The minimum Gasteiger partial charge on any atom is -0.446 e. The van der Waals surface area contributed by atoms with Crippen LogP contribution in [0.3, 0.4) is 0 Å². The molecule has 1 aromatic heterocycles. The molecule has 2 aromatic rings. The number of hydrogen-bond acceptors (Lipinski definition) is 10. The molecule has 15 heteroatoms. The molecule has 0 radical (unpaired) electrons. The minimum absolute atomic E-state index is 0.00860. The molecule has 2 aliphatic heterocycles. The second-order valence-electron chi connectivity index (χ2n) is 14.4. The monoisotopic (exact) mass is 724 g/mol. The first-order valence-corrected chi connectivity index (χ1v) is 19.1. The molecule has 5 rings (SSSR count). The third kappa shape index (κ3) is 10.1. The molecule has 0 unspecified atom stereocenters. The zero-order valence-corrected chi connectivity index (χ0v) is 30.7. The van der Waals surface area contributed by atoms with Gasteiger partial charge in [-0.25, -0.2) is 18.9 Å². The molecule has 1 saturated carbocycles. The van der Waals surface area contributed by atoms with Crippen molar-refractivity contribution >= 4 is 45.7 Å². The summed E-state index contributed by atoms with van der Waals surface area (Å²) in [6, 6.07) is 7.09. The highest BCUT2D eigenvalue weighted by Crippen LogP contribution is 2.32. The van der Waals surface area contributed by atoms with E-state index in [1.165, 1.54) is 6.20 Å². The van der Waals surface area contributed by atoms with E-state index in [1.54, 1.807) is 37.9 Å². The zero-order valence-electron chi connectivity index (χ0n) is 29.9. The van der Waals surface area contributed by atoms with Crippen LogP contribution in [0.4, 0.5) is 15.3 Å². The van der Waals surface area contributed by atoms with Crippen LogP contribution in [0.5, 0.6) is 0 Å². The Balaban J connectivity index is 1.22. The number of ether oxygens (including phenoxy) is 2. The summed E-state index contributed by atoms with van der Waals surface area (Å²) >= 11 is 0. The first-order chi connectivity index (χ1) is 24.2. The summed E-state index contributed by atoms with van der Waals surface area (Å²) in [5.41, 5.74) is 8.79. The molecule has 3 heterocycles. The van der Waals surface area contributed by atoms with Crippen molar-refractivity contribution in [3.63, 3.8) is 0 Å². The number of aliphatic imine (C=N–C) groups is 1. The highest BCUT2D eigenvalue weighted by Gasteiger charge is 2.42. The molecule has 2 fully saturated rings. The molecule has 0 atom stereocenters. The van der Waals surface area contributed by atoms with E-state index in [4.69, 9.17) is 15.2 Å². The number of pyridine rings is 1. The van der Waals surface area contributed by atoms with Gasteiger partial charge in [0, 0.05) is 55.5 Å². The van der Waals surface area contributed by atoms with E-state index < -0.39 is 27.8 Å². The highest BCUT2D eigenvalue weighted by atomic mass is 32.2. The van der Waals surface area contributed by atoms with Gasteiger partial charge in [-0.05, 0) is 76.6 Å². The molecule has 3 aliphatic rings. The van der Waals surface area contributed by atoms with E-state index >= 15 is 0 Å². The van der Waals surface area contributed by atoms with E-state index in [0.29, 0.717) is 77.9 Å². The maximum atomic E-state index is 13.7. The number of nitrogens with two attached hydrogens (primary N) is 1. The summed E-state index contributed by atoms with van der Waals surface area (Å²) < 4.78 is 37.9. The first-order valence-electron chi connectivity index (χ1n) is 17.7. The van der Waals surface area contributed by atoms with Crippen LogP contribution in [0.15, 0.2) is 52.1 Å². The van der Waals surface area contributed by atoms with Crippen molar-refractivity contribution in [3.05, 3.63) is 47.8 Å². The standard InChI is InChI=1S/C36H49N7O7S/c1-5-13-42(14-7-12-39-34(45)49-29-8-6-9-29)33(44)27-15-26-11-10-25(17-31(26)41-32(37)18-27)28-16-30(21-38-20-28)51(47,48)43-22-24(23-43)19-40-35(46)50-36(2,3)4/h10-11,15-17,20-21,24,29H,5-9,12-14,18-19,22-23H2,1-4H3,(H2,37,41)(H,39,45)(H,40,46)/p+1. The van der Waals surface area contributed by atoms with Gasteiger partial charge in [-0.3, -0.25) is 9.78 Å². The number of rotatable bonds is 13. The van der Waals surface area contributed by atoms with Crippen molar-refractivity contribution in [2.75, 3.05) is 39.3 Å². The van der Waals surface area contributed by atoms with Crippen LogP contribution >= 0.6 is 0 Å². The second-order valence-corrected chi connectivity index (χ2v) is 16.4.